The minimum Gasteiger partial charge on any atom is -0.370 e. The minimum absolute atomic E-state index is 0.0178. The molecule has 1 aromatic heterocycles. The van der Waals surface area contributed by atoms with E-state index >= 15 is 0 Å². The van der Waals surface area contributed by atoms with Gasteiger partial charge in [0.2, 0.25) is 0 Å². The van der Waals surface area contributed by atoms with Gasteiger partial charge in [0.05, 0.1) is 12.3 Å². The van der Waals surface area contributed by atoms with Crippen LogP contribution in [0.25, 0.3) is 0 Å². The predicted octanol–water partition coefficient (Wildman–Crippen LogP) is 1.52. The Hall–Kier alpha value is -1.08. The minimum atomic E-state index is -4.28. The molecule has 1 N–H and O–H groups in total. The monoisotopic (exact) mass is 265 g/mol. The molecule has 0 fully saturated rings. The summed E-state index contributed by atoms with van der Waals surface area (Å²) in [6.07, 6.45) is -1.93. The average Bonchev–Trinajstić information content (AvgIpc) is 2.62. The van der Waals surface area contributed by atoms with E-state index in [9.17, 15) is 13.2 Å². The Morgan fingerprint density at radius 2 is 2.22 bits per heavy atom. The van der Waals surface area contributed by atoms with Crippen molar-refractivity contribution < 1.29 is 17.9 Å². The highest BCUT2D eigenvalue weighted by Crippen LogP contribution is 2.14. The number of likely N-dealkylation sites (N-methyl/N-ethyl adjacent to an activating group) is 1. The van der Waals surface area contributed by atoms with Crippen LogP contribution in [0.1, 0.15) is 12.6 Å². The van der Waals surface area contributed by atoms with Crippen LogP contribution in [0.4, 0.5) is 13.2 Å². The van der Waals surface area contributed by atoms with Crippen molar-refractivity contribution >= 4 is 0 Å². The van der Waals surface area contributed by atoms with E-state index in [1.54, 1.807) is 17.9 Å². The fourth-order valence-corrected chi connectivity index (χ4v) is 1.62. The highest BCUT2D eigenvalue weighted by molar-refractivity contribution is 5.01. The molecule has 7 heteroatoms. The molecule has 0 aliphatic rings. The van der Waals surface area contributed by atoms with E-state index in [0.717, 1.165) is 5.69 Å². The molecule has 18 heavy (non-hydrogen) atoms. The molecule has 0 amide bonds. The lowest BCUT2D eigenvalue weighted by molar-refractivity contribution is -0.175. The molecule has 0 saturated carbocycles. The molecule has 1 heterocycles. The Morgan fingerprint density at radius 1 is 1.50 bits per heavy atom. The highest BCUT2D eigenvalue weighted by Gasteiger charge is 2.27. The molecule has 1 unspecified atom stereocenters. The van der Waals surface area contributed by atoms with E-state index in [4.69, 9.17) is 0 Å². The van der Waals surface area contributed by atoms with E-state index < -0.39 is 12.8 Å². The fourth-order valence-electron chi connectivity index (χ4n) is 1.62. The lowest BCUT2D eigenvalue weighted by Crippen LogP contribution is -2.36. The van der Waals surface area contributed by atoms with E-state index in [1.165, 1.54) is 0 Å². The number of hydrogen-bond acceptors (Lipinski definition) is 3. The molecule has 0 saturated heterocycles. The Labute approximate surface area is 104 Å². The molecule has 0 aromatic carbocycles. The predicted molar refractivity (Wildman–Crippen MR) is 61.3 cm³/mol. The molecule has 104 valence electrons. The van der Waals surface area contributed by atoms with Crippen LogP contribution in [0.5, 0.6) is 0 Å². The number of rotatable bonds is 7. The van der Waals surface area contributed by atoms with E-state index in [2.05, 4.69) is 15.2 Å². The SMILES string of the molecule is CCNC(COCC(F)(F)F)Cc1ccn(C)n1. The molecule has 4 nitrogen and oxygen atoms in total. The number of aromatic nitrogens is 2. The van der Waals surface area contributed by atoms with Crippen molar-refractivity contribution in [1.82, 2.24) is 15.1 Å². The third-order valence-corrected chi connectivity index (χ3v) is 2.30. The van der Waals surface area contributed by atoms with Gasteiger partial charge in [0, 0.05) is 25.7 Å². The number of nitrogens with zero attached hydrogens (tertiary/aromatic N) is 2. The van der Waals surface area contributed by atoms with Gasteiger partial charge in [0.25, 0.3) is 0 Å². The number of alkyl halides is 3. The molecular formula is C11H18F3N3O. The van der Waals surface area contributed by atoms with Gasteiger partial charge in [-0.1, -0.05) is 6.92 Å². The smallest absolute Gasteiger partial charge is 0.370 e. The van der Waals surface area contributed by atoms with Crippen molar-refractivity contribution in [3.05, 3.63) is 18.0 Å². The molecule has 0 aliphatic heterocycles. The van der Waals surface area contributed by atoms with Crippen molar-refractivity contribution in [2.24, 2.45) is 7.05 Å². The first-order valence-corrected chi connectivity index (χ1v) is 5.77. The summed E-state index contributed by atoms with van der Waals surface area (Å²) in [7, 11) is 1.80. The quantitative estimate of drug-likeness (QED) is 0.812. The molecule has 0 aliphatic carbocycles. The Bertz CT molecular complexity index is 352. The van der Waals surface area contributed by atoms with Crippen LogP contribution in [-0.2, 0) is 18.2 Å². The van der Waals surface area contributed by atoms with Crippen LogP contribution >= 0.6 is 0 Å². The Balaban J connectivity index is 2.40. The van der Waals surface area contributed by atoms with Crippen molar-refractivity contribution in [2.45, 2.75) is 25.6 Å². The lowest BCUT2D eigenvalue weighted by atomic mass is 10.1. The Morgan fingerprint density at radius 3 is 2.72 bits per heavy atom. The third kappa shape index (κ3) is 6.02. The zero-order valence-corrected chi connectivity index (χ0v) is 10.5. The van der Waals surface area contributed by atoms with Crippen LogP contribution in [0.2, 0.25) is 0 Å². The second-order valence-electron chi connectivity index (χ2n) is 4.07. The van der Waals surface area contributed by atoms with Crippen LogP contribution in [0.3, 0.4) is 0 Å². The largest absolute Gasteiger partial charge is 0.411 e. The standard InChI is InChI=1S/C11H18F3N3O/c1-3-15-10(7-18-8-11(12,13)14)6-9-4-5-17(2)16-9/h4-5,10,15H,3,6-8H2,1-2H3. The van der Waals surface area contributed by atoms with Gasteiger partial charge in [0.1, 0.15) is 6.61 Å². The molecule has 0 radical (unpaired) electrons. The van der Waals surface area contributed by atoms with Gasteiger partial charge >= 0.3 is 6.18 Å². The summed E-state index contributed by atoms with van der Waals surface area (Å²) in [6.45, 7) is 1.38. The number of halogens is 3. The normalized spacial score (nSPS) is 13.8. The summed E-state index contributed by atoms with van der Waals surface area (Å²) in [5.41, 5.74) is 0.832. The van der Waals surface area contributed by atoms with Crippen molar-refractivity contribution in [3.63, 3.8) is 0 Å². The second-order valence-corrected chi connectivity index (χ2v) is 4.07. The van der Waals surface area contributed by atoms with Gasteiger partial charge in [-0.15, -0.1) is 0 Å². The molecule has 1 rings (SSSR count). The summed E-state index contributed by atoms with van der Waals surface area (Å²) in [5.74, 6) is 0. The van der Waals surface area contributed by atoms with E-state index in [-0.39, 0.29) is 12.6 Å². The molecule has 1 aromatic rings. The Kier molecular flexibility index (Phi) is 5.61. The number of hydrogen-bond donors (Lipinski definition) is 1. The van der Waals surface area contributed by atoms with Gasteiger partial charge in [-0.2, -0.15) is 18.3 Å². The van der Waals surface area contributed by atoms with Crippen molar-refractivity contribution in [3.8, 4) is 0 Å². The molecule has 0 bridgehead atoms. The fraction of sp³-hybridized carbons (Fsp3) is 0.727. The first-order valence-electron chi connectivity index (χ1n) is 5.77. The molecule has 0 spiro atoms. The number of nitrogens with one attached hydrogen (secondary N) is 1. The first kappa shape index (κ1) is 15.0. The van der Waals surface area contributed by atoms with E-state index in [1.807, 2.05) is 13.0 Å². The van der Waals surface area contributed by atoms with E-state index in [0.29, 0.717) is 13.0 Å². The number of aryl methyl sites for hydroxylation is 1. The first-order chi connectivity index (χ1) is 8.40. The van der Waals surface area contributed by atoms with Crippen LogP contribution in [0, 0.1) is 0 Å². The van der Waals surface area contributed by atoms with Gasteiger partial charge in [-0.3, -0.25) is 4.68 Å². The van der Waals surface area contributed by atoms with Gasteiger partial charge < -0.3 is 10.1 Å². The third-order valence-electron chi connectivity index (χ3n) is 2.30. The highest BCUT2D eigenvalue weighted by atomic mass is 19.4. The molecular weight excluding hydrogens is 247 g/mol. The maximum Gasteiger partial charge on any atom is 0.411 e. The average molecular weight is 265 g/mol. The summed E-state index contributed by atoms with van der Waals surface area (Å²) in [4.78, 5) is 0. The maximum absolute atomic E-state index is 12.0. The lowest BCUT2D eigenvalue weighted by Gasteiger charge is -2.17. The topological polar surface area (TPSA) is 39.1 Å². The summed E-state index contributed by atoms with van der Waals surface area (Å²) in [5, 5.41) is 7.27. The zero-order valence-electron chi connectivity index (χ0n) is 10.5. The van der Waals surface area contributed by atoms with Gasteiger partial charge in [-0.25, -0.2) is 0 Å². The van der Waals surface area contributed by atoms with Crippen molar-refractivity contribution in [2.75, 3.05) is 19.8 Å². The summed E-state index contributed by atoms with van der Waals surface area (Å²) < 4.78 is 42.2. The zero-order chi connectivity index (χ0) is 13.6. The van der Waals surface area contributed by atoms with Gasteiger partial charge in [0.15, 0.2) is 0 Å². The van der Waals surface area contributed by atoms with Crippen LogP contribution in [0.15, 0.2) is 12.3 Å². The maximum atomic E-state index is 12.0. The summed E-state index contributed by atoms with van der Waals surface area (Å²) >= 11 is 0. The second kappa shape index (κ2) is 6.75. The van der Waals surface area contributed by atoms with Crippen LogP contribution < -0.4 is 5.32 Å². The molecule has 1 atom stereocenters. The van der Waals surface area contributed by atoms with Crippen LogP contribution in [-0.4, -0.2) is 41.8 Å². The van der Waals surface area contributed by atoms with Crippen molar-refractivity contribution in [1.29, 1.82) is 0 Å². The number of ether oxygens (including phenoxy) is 1. The summed E-state index contributed by atoms with van der Waals surface area (Å²) in [6, 6.07) is 1.68. The van der Waals surface area contributed by atoms with Gasteiger partial charge in [-0.05, 0) is 12.6 Å².